The van der Waals surface area contributed by atoms with Crippen molar-refractivity contribution in [1.82, 2.24) is 9.55 Å². The second kappa shape index (κ2) is 4.24. The SMILES string of the molecule is Cn1c(-c2cc(N)ccc2Cl)nc2cc(F)ccc21. The van der Waals surface area contributed by atoms with Crippen molar-refractivity contribution >= 4 is 28.3 Å². The number of nitrogen functional groups attached to an aromatic ring is 1. The van der Waals surface area contributed by atoms with E-state index in [0.717, 1.165) is 11.1 Å². The number of aromatic nitrogens is 2. The molecule has 3 aromatic rings. The summed E-state index contributed by atoms with van der Waals surface area (Å²) in [6.45, 7) is 0. The van der Waals surface area contributed by atoms with Crippen molar-refractivity contribution in [3.63, 3.8) is 0 Å². The molecule has 1 heterocycles. The molecule has 3 nitrogen and oxygen atoms in total. The molecule has 96 valence electrons. The maximum atomic E-state index is 13.2. The number of hydrogen-bond acceptors (Lipinski definition) is 2. The number of nitrogens with two attached hydrogens (primary N) is 1. The Labute approximate surface area is 114 Å². The molecule has 5 heteroatoms. The van der Waals surface area contributed by atoms with Crippen LogP contribution in [0.15, 0.2) is 36.4 Å². The summed E-state index contributed by atoms with van der Waals surface area (Å²) in [5.74, 6) is 0.355. The van der Waals surface area contributed by atoms with Crippen LogP contribution in [0, 0.1) is 5.82 Å². The number of aryl methyl sites for hydroxylation is 1. The van der Waals surface area contributed by atoms with Crippen LogP contribution in [0.3, 0.4) is 0 Å². The quantitative estimate of drug-likeness (QED) is 0.690. The third-order valence-electron chi connectivity index (χ3n) is 3.07. The van der Waals surface area contributed by atoms with Gasteiger partial charge >= 0.3 is 0 Å². The zero-order valence-electron chi connectivity index (χ0n) is 10.2. The highest BCUT2D eigenvalue weighted by Crippen LogP contribution is 2.31. The number of imidazole rings is 1. The lowest BCUT2D eigenvalue weighted by atomic mass is 10.2. The summed E-state index contributed by atoms with van der Waals surface area (Å²) in [4.78, 5) is 4.43. The van der Waals surface area contributed by atoms with Gasteiger partial charge in [0.2, 0.25) is 0 Å². The Morgan fingerprint density at radius 3 is 2.79 bits per heavy atom. The van der Waals surface area contributed by atoms with Crippen LogP contribution in [0.1, 0.15) is 0 Å². The van der Waals surface area contributed by atoms with Crippen LogP contribution in [0.4, 0.5) is 10.1 Å². The van der Waals surface area contributed by atoms with E-state index in [-0.39, 0.29) is 5.82 Å². The molecular weight excluding hydrogens is 265 g/mol. The minimum atomic E-state index is -0.309. The van der Waals surface area contributed by atoms with Crippen molar-refractivity contribution in [3.8, 4) is 11.4 Å². The monoisotopic (exact) mass is 275 g/mol. The van der Waals surface area contributed by atoms with Crippen molar-refractivity contribution in [2.24, 2.45) is 7.05 Å². The van der Waals surface area contributed by atoms with E-state index in [0.29, 0.717) is 22.1 Å². The van der Waals surface area contributed by atoms with E-state index in [9.17, 15) is 4.39 Å². The van der Waals surface area contributed by atoms with Crippen LogP contribution < -0.4 is 5.73 Å². The lowest BCUT2D eigenvalue weighted by Crippen LogP contribution is -1.94. The number of benzene rings is 2. The van der Waals surface area contributed by atoms with E-state index in [2.05, 4.69) is 4.98 Å². The molecule has 0 fully saturated rings. The van der Waals surface area contributed by atoms with Crippen LogP contribution in [-0.4, -0.2) is 9.55 Å². The first-order chi connectivity index (χ1) is 9.06. The first-order valence-corrected chi connectivity index (χ1v) is 6.11. The van der Waals surface area contributed by atoms with Gasteiger partial charge in [-0.25, -0.2) is 9.37 Å². The third-order valence-corrected chi connectivity index (χ3v) is 3.40. The molecule has 0 aliphatic carbocycles. The van der Waals surface area contributed by atoms with Crippen molar-refractivity contribution < 1.29 is 4.39 Å². The maximum absolute atomic E-state index is 13.2. The second-order valence-electron chi connectivity index (χ2n) is 4.37. The molecule has 2 aromatic carbocycles. The molecular formula is C14H11ClFN3. The molecule has 3 rings (SSSR count). The van der Waals surface area contributed by atoms with Crippen LogP contribution in [0.2, 0.25) is 5.02 Å². The summed E-state index contributed by atoms with van der Waals surface area (Å²) >= 11 is 6.18. The van der Waals surface area contributed by atoms with E-state index in [1.54, 1.807) is 24.3 Å². The molecule has 0 aliphatic heterocycles. The molecule has 0 radical (unpaired) electrons. The molecule has 0 saturated heterocycles. The van der Waals surface area contributed by atoms with Crippen molar-refractivity contribution in [1.29, 1.82) is 0 Å². The molecule has 0 unspecified atom stereocenters. The van der Waals surface area contributed by atoms with Crippen molar-refractivity contribution in [2.75, 3.05) is 5.73 Å². The van der Waals surface area contributed by atoms with Gasteiger partial charge in [-0.1, -0.05) is 11.6 Å². The number of halogens is 2. The van der Waals surface area contributed by atoms with Gasteiger partial charge in [0.15, 0.2) is 0 Å². The Morgan fingerprint density at radius 1 is 1.21 bits per heavy atom. The normalized spacial score (nSPS) is 11.1. The Morgan fingerprint density at radius 2 is 2.00 bits per heavy atom. The summed E-state index contributed by atoms with van der Waals surface area (Å²) in [5.41, 5.74) is 8.56. The van der Waals surface area contributed by atoms with Gasteiger partial charge in [-0.05, 0) is 30.3 Å². The molecule has 0 bridgehead atoms. The van der Waals surface area contributed by atoms with Gasteiger partial charge in [0.05, 0.1) is 16.1 Å². The fourth-order valence-electron chi connectivity index (χ4n) is 2.13. The molecule has 0 spiro atoms. The Balaban J connectivity index is 2.30. The first kappa shape index (κ1) is 12.0. The standard InChI is InChI=1S/C14H11ClFN3/c1-19-13-5-2-8(16)6-12(13)18-14(19)10-7-9(17)3-4-11(10)15/h2-7H,17H2,1H3. The Bertz CT molecular complexity index is 780. The largest absolute Gasteiger partial charge is 0.399 e. The lowest BCUT2D eigenvalue weighted by Gasteiger charge is -2.05. The summed E-state index contributed by atoms with van der Waals surface area (Å²) < 4.78 is 15.1. The Kier molecular flexibility index (Phi) is 2.68. The molecule has 0 aliphatic rings. The summed E-state index contributed by atoms with van der Waals surface area (Å²) in [7, 11) is 1.86. The van der Waals surface area contributed by atoms with Gasteiger partial charge in [-0.3, -0.25) is 0 Å². The lowest BCUT2D eigenvalue weighted by molar-refractivity contribution is 0.629. The van der Waals surface area contributed by atoms with Crippen LogP contribution >= 0.6 is 11.6 Å². The number of rotatable bonds is 1. The predicted molar refractivity (Wildman–Crippen MR) is 75.5 cm³/mol. The molecule has 0 atom stereocenters. The van der Waals surface area contributed by atoms with Gasteiger partial charge < -0.3 is 10.3 Å². The topological polar surface area (TPSA) is 43.8 Å². The van der Waals surface area contributed by atoms with Gasteiger partial charge in [0.25, 0.3) is 0 Å². The summed E-state index contributed by atoms with van der Waals surface area (Å²) in [6.07, 6.45) is 0. The van der Waals surface area contributed by atoms with Gasteiger partial charge in [0.1, 0.15) is 11.6 Å². The minimum absolute atomic E-state index is 0.309. The number of fused-ring (bicyclic) bond motifs is 1. The van der Waals surface area contributed by atoms with E-state index in [4.69, 9.17) is 17.3 Å². The molecule has 19 heavy (non-hydrogen) atoms. The van der Waals surface area contributed by atoms with Gasteiger partial charge in [0, 0.05) is 24.4 Å². The summed E-state index contributed by atoms with van der Waals surface area (Å²) in [6, 6.07) is 9.73. The zero-order chi connectivity index (χ0) is 13.6. The average Bonchev–Trinajstić information content (AvgIpc) is 2.69. The van der Waals surface area contributed by atoms with E-state index in [1.165, 1.54) is 12.1 Å². The number of hydrogen-bond donors (Lipinski definition) is 1. The highest BCUT2D eigenvalue weighted by molar-refractivity contribution is 6.33. The number of nitrogens with zero attached hydrogens (tertiary/aromatic N) is 2. The highest BCUT2D eigenvalue weighted by Gasteiger charge is 2.13. The average molecular weight is 276 g/mol. The molecule has 2 N–H and O–H groups in total. The first-order valence-electron chi connectivity index (χ1n) is 5.73. The van der Waals surface area contributed by atoms with Crippen LogP contribution in [-0.2, 0) is 7.05 Å². The van der Waals surface area contributed by atoms with E-state index in [1.807, 2.05) is 11.6 Å². The smallest absolute Gasteiger partial charge is 0.142 e. The van der Waals surface area contributed by atoms with Crippen molar-refractivity contribution in [2.45, 2.75) is 0 Å². The van der Waals surface area contributed by atoms with Crippen LogP contribution in [0.25, 0.3) is 22.4 Å². The predicted octanol–water partition coefficient (Wildman–Crippen LogP) is 3.62. The minimum Gasteiger partial charge on any atom is -0.399 e. The maximum Gasteiger partial charge on any atom is 0.142 e. The van der Waals surface area contributed by atoms with Crippen molar-refractivity contribution in [3.05, 3.63) is 47.2 Å². The zero-order valence-corrected chi connectivity index (χ0v) is 10.9. The second-order valence-corrected chi connectivity index (χ2v) is 4.77. The van der Waals surface area contributed by atoms with Crippen LogP contribution in [0.5, 0.6) is 0 Å². The fourth-order valence-corrected chi connectivity index (χ4v) is 2.33. The Hall–Kier alpha value is -2.07. The van der Waals surface area contributed by atoms with E-state index < -0.39 is 0 Å². The highest BCUT2D eigenvalue weighted by atomic mass is 35.5. The van der Waals surface area contributed by atoms with E-state index >= 15 is 0 Å². The van der Waals surface area contributed by atoms with Gasteiger partial charge in [-0.2, -0.15) is 0 Å². The third kappa shape index (κ3) is 1.94. The summed E-state index contributed by atoms with van der Waals surface area (Å²) in [5, 5.41) is 0.563. The number of anilines is 1. The molecule has 0 saturated carbocycles. The molecule has 0 amide bonds. The fraction of sp³-hybridized carbons (Fsp3) is 0.0714. The molecule has 1 aromatic heterocycles. The van der Waals surface area contributed by atoms with Gasteiger partial charge in [-0.15, -0.1) is 0 Å².